The Hall–Kier alpha value is -3.48. The van der Waals surface area contributed by atoms with Crippen molar-refractivity contribution in [2.75, 3.05) is 6.61 Å². The lowest BCUT2D eigenvalue weighted by atomic mass is 9.95. The zero-order valence-electron chi connectivity index (χ0n) is 28.2. The molecule has 1 N–H and O–H groups in total. The topological polar surface area (TPSA) is 55.8 Å². The second-order valence-electron chi connectivity index (χ2n) is 13.2. The van der Waals surface area contributed by atoms with Gasteiger partial charge in [-0.15, -0.1) is 5.54 Å². The second kappa shape index (κ2) is 16.2. The van der Waals surface area contributed by atoms with E-state index in [0.717, 1.165) is 21.1 Å². The molecule has 0 spiro atoms. The Bertz CT molecular complexity index is 1380. The molecule has 3 rings (SSSR count). The van der Waals surface area contributed by atoms with Gasteiger partial charge in [0, 0.05) is 12.0 Å². The maximum atomic E-state index is 11.8. The van der Waals surface area contributed by atoms with Crippen molar-refractivity contribution in [3.05, 3.63) is 115 Å². The number of esters is 1. The van der Waals surface area contributed by atoms with Crippen molar-refractivity contribution in [3.63, 3.8) is 0 Å². The molecule has 238 valence electrons. The van der Waals surface area contributed by atoms with E-state index in [1.54, 1.807) is 13.0 Å². The first kappa shape index (κ1) is 36.0. The molecule has 6 heteroatoms. The first-order valence-electron chi connectivity index (χ1n) is 15.9. The molecule has 0 saturated heterocycles. The van der Waals surface area contributed by atoms with Crippen LogP contribution in [0.5, 0.6) is 0 Å². The number of aliphatic hydroxyl groups excluding tert-OH is 1. The van der Waals surface area contributed by atoms with Gasteiger partial charge in [-0.1, -0.05) is 155 Å². The van der Waals surface area contributed by atoms with E-state index in [2.05, 4.69) is 118 Å². The number of carbonyl (C=O) groups excluding carboxylic acids is 1. The van der Waals surface area contributed by atoms with Crippen molar-refractivity contribution < 1.29 is 19.1 Å². The Morgan fingerprint density at radius 3 is 1.76 bits per heavy atom. The van der Waals surface area contributed by atoms with E-state index in [9.17, 15) is 9.90 Å². The maximum Gasteiger partial charge on any atom is 0.330 e. The van der Waals surface area contributed by atoms with Crippen LogP contribution in [0.4, 0.5) is 0 Å². The lowest BCUT2D eigenvalue weighted by Gasteiger charge is -2.38. The quantitative estimate of drug-likeness (QED) is 0.0611. The van der Waals surface area contributed by atoms with Crippen LogP contribution in [0.2, 0.25) is 18.1 Å². The number of aliphatic hydroxyl groups is 1. The summed E-state index contributed by atoms with van der Waals surface area (Å²) in [5, 5.41) is 15.1. The van der Waals surface area contributed by atoms with Crippen LogP contribution < -0.4 is 15.6 Å². The van der Waals surface area contributed by atoms with Crippen LogP contribution in [0, 0.1) is 17.4 Å². The van der Waals surface area contributed by atoms with Gasteiger partial charge < -0.3 is 14.3 Å². The predicted molar refractivity (Wildman–Crippen MR) is 193 cm³/mol. The third-order valence-electron chi connectivity index (χ3n) is 8.78. The third kappa shape index (κ3) is 9.51. The Kier molecular flexibility index (Phi) is 13.0. The van der Waals surface area contributed by atoms with E-state index in [0.29, 0.717) is 13.0 Å². The van der Waals surface area contributed by atoms with Crippen molar-refractivity contribution in [2.24, 2.45) is 5.92 Å². The van der Waals surface area contributed by atoms with Gasteiger partial charge in [0.05, 0.1) is 12.7 Å². The van der Waals surface area contributed by atoms with Gasteiger partial charge >= 0.3 is 5.97 Å². The molecule has 3 aromatic carbocycles. The number of hydrogen-bond acceptors (Lipinski definition) is 4. The minimum Gasteiger partial charge on any atom is -0.463 e. The summed E-state index contributed by atoms with van der Waals surface area (Å²) < 4.78 is 12.5. The van der Waals surface area contributed by atoms with Crippen LogP contribution in [0.15, 0.2) is 115 Å². The minimum atomic E-state index is -3.09. The molecule has 3 aromatic rings. The standard InChI is InChI=1S/C39H50O4Si2/c1-9-42-38(41)28-26-31(2)25-27-36(40)32(3)37(29-30-44(7,8)39(4,5)6)43-45(33-19-13-10-14-20-33,34-21-15-11-16-22-34)35-23-17-12-18-24-35/h10-26,28,32,36-37,40H,9,27H2,1-8H3/b28-26+,31-25+/t32-,36-,37-/m0/s1. The number of rotatable bonds is 12. The van der Waals surface area contributed by atoms with Gasteiger partial charge in [-0.05, 0) is 40.9 Å². The second-order valence-corrected chi connectivity index (χ2v) is 21.5. The highest BCUT2D eigenvalue weighted by atomic mass is 28.4. The fraction of sp³-hybridized carbons (Fsp3) is 0.359. The van der Waals surface area contributed by atoms with E-state index in [-0.39, 0.29) is 16.9 Å². The van der Waals surface area contributed by atoms with E-state index in [1.165, 1.54) is 6.08 Å². The molecule has 0 amide bonds. The Morgan fingerprint density at radius 1 is 0.867 bits per heavy atom. The largest absolute Gasteiger partial charge is 0.463 e. The molecule has 4 nitrogen and oxygen atoms in total. The SMILES string of the molecule is CCOC(=O)/C=C/C(C)=C/C[C@H](O)[C@H](C)[C@H](C#C[Si](C)(C)C(C)(C)C)O[Si](c1ccccc1)(c1ccccc1)c1ccccc1. The average molecular weight is 639 g/mol. The summed E-state index contributed by atoms with van der Waals surface area (Å²) in [6.07, 6.45) is 4.23. The zero-order valence-corrected chi connectivity index (χ0v) is 30.2. The van der Waals surface area contributed by atoms with Gasteiger partial charge in [0.1, 0.15) is 14.2 Å². The Balaban J connectivity index is 2.15. The van der Waals surface area contributed by atoms with Gasteiger partial charge in [-0.25, -0.2) is 4.79 Å². The molecule has 0 heterocycles. The van der Waals surface area contributed by atoms with Crippen LogP contribution in [-0.4, -0.2) is 46.3 Å². The van der Waals surface area contributed by atoms with E-state index in [4.69, 9.17) is 9.16 Å². The van der Waals surface area contributed by atoms with E-state index < -0.39 is 28.6 Å². The first-order chi connectivity index (χ1) is 21.3. The summed E-state index contributed by atoms with van der Waals surface area (Å²) in [6.45, 7) is 17.4. The van der Waals surface area contributed by atoms with Crippen LogP contribution in [0.3, 0.4) is 0 Å². The fourth-order valence-corrected chi connectivity index (χ4v) is 9.73. The average Bonchev–Trinajstić information content (AvgIpc) is 3.03. The first-order valence-corrected chi connectivity index (χ1v) is 20.8. The lowest BCUT2D eigenvalue weighted by molar-refractivity contribution is -0.137. The molecule has 45 heavy (non-hydrogen) atoms. The van der Waals surface area contributed by atoms with Gasteiger partial charge in [0.15, 0.2) is 0 Å². The molecule has 3 atom stereocenters. The lowest BCUT2D eigenvalue weighted by Crippen LogP contribution is -2.70. The van der Waals surface area contributed by atoms with Crippen molar-refractivity contribution in [1.29, 1.82) is 0 Å². The number of hydrogen-bond donors (Lipinski definition) is 1. The van der Waals surface area contributed by atoms with Crippen LogP contribution >= 0.6 is 0 Å². The van der Waals surface area contributed by atoms with Crippen LogP contribution in [-0.2, 0) is 14.0 Å². The summed E-state index contributed by atoms with van der Waals surface area (Å²) in [6, 6.07) is 31.5. The number of ether oxygens (including phenoxy) is 1. The summed E-state index contributed by atoms with van der Waals surface area (Å²) in [5.74, 6) is 2.94. The molecular weight excluding hydrogens is 589 g/mol. The molecule has 0 aliphatic heterocycles. The summed E-state index contributed by atoms with van der Waals surface area (Å²) >= 11 is 0. The highest BCUT2D eigenvalue weighted by Crippen LogP contribution is 2.35. The van der Waals surface area contributed by atoms with E-state index in [1.807, 2.05) is 38.1 Å². The molecule has 0 aromatic heterocycles. The zero-order chi connectivity index (χ0) is 33.1. The van der Waals surface area contributed by atoms with Gasteiger partial charge in [0.2, 0.25) is 0 Å². The molecule has 0 unspecified atom stereocenters. The smallest absolute Gasteiger partial charge is 0.330 e. The van der Waals surface area contributed by atoms with Gasteiger partial charge in [0.25, 0.3) is 8.32 Å². The van der Waals surface area contributed by atoms with E-state index >= 15 is 0 Å². The molecule has 0 saturated carbocycles. The monoisotopic (exact) mass is 638 g/mol. The molecule has 0 fully saturated rings. The highest BCUT2D eigenvalue weighted by molar-refractivity contribution is 7.07. The van der Waals surface area contributed by atoms with Gasteiger partial charge in [-0.3, -0.25) is 0 Å². The maximum absolute atomic E-state index is 11.8. The minimum absolute atomic E-state index is 0.0737. The van der Waals surface area contributed by atoms with Crippen LogP contribution in [0.25, 0.3) is 0 Å². The Labute approximate surface area is 273 Å². The molecule has 0 aliphatic carbocycles. The van der Waals surface area contributed by atoms with Crippen LogP contribution in [0.1, 0.15) is 48.0 Å². The molecule has 0 bridgehead atoms. The van der Waals surface area contributed by atoms with Gasteiger partial charge in [-0.2, -0.15) is 0 Å². The normalized spacial score (nSPS) is 14.7. The van der Waals surface area contributed by atoms with Crippen molar-refractivity contribution >= 4 is 37.9 Å². The number of benzene rings is 3. The van der Waals surface area contributed by atoms with Crippen molar-refractivity contribution in [1.82, 2.24) is 0 Å². The third-order valence-corrected chi connectivity index (χ3v) is 17.3. The molecular formula is C39H50O4Si2. The molecule has 0 aliphatic rings. The summed E-state index contributed by atoms with van der Waals surface area (Å²) in [7, 11) is -5.09. The number of carbonyl (C=O) groups is 1. The predicted octanol–water partition coefficient (Wildman–Crippen LogP) is 6.54. The fourth-order valence-electron chi connectivity index (χ4n) is 4.80. The Morgan fingerprint density at radius 2 is 1.33 bits per heavy atom. The number of allylic oxidation sites excluding steroid dienone is 2. The molecule has 0 radical (unpaired) electrons. The summed E-state index contributed by atoms with van der Waals surface area (Å²) in [4.78, 5) is 11.8. The van der Waals surface area contributed by atoms with Crippen molar-refractivity contribution in [3.8, 4) is 11.5 Å². The van der Waals surface area contributed by atoms with Crippen molar-refractivity contribution in [2.45, 2.75) is 78.3 Å². The summed E-state index contributed by atoms with van der Waals surface area (Å²) in [5.41, 5.74) is 4.59. The highest BCUT2D eigenvalue weighted by Gasteiger charge is 2.45.